The highest BCUT2D eigenvalue weighted by atomic mass is 16.4. The molecule has 1 aromatic carbocycles. The van der Waals surface area contributed by atoms with Crippen LogP contribution in [0.15, 0.2) is 30.3 Å². The van der Waals surface area contributed by atoms with Crippen molar-refractivity contribution in [1.29, 1.82) is 0 Å². The van der Waals surface area contributed by atoms with Crippen LogP contribution in [0.25, 0.3) is 0 Å². The molecule has 0 bridgehead atoms. The van der Waals surface area contributed by atoms with Gasteiger partial charge in [-0.15, -0.1) is 0 Å². The minimum Gasteiger partial charge on any atom is -0.530 e. The highest BCUT2D eigenvalue weighted by Crippen LogP contribution is 2.14. The molecule has 3 N–H and O–H groups in total. The highest BCUT2D eigenvalue weighted by Gasteiger charge is 2.20. The van der Waals surface area contributed by atoms with Gasteiger partial charge in [-0.25, -0.2) is 0 Å². The molecule has 0 saturated heterocycles. The Morgan fingerprint density at radius 2 is 1.83 bits per heavy atom. The molecular weight excluding hydrogens is 294 g/mol. The second kappa shape index (κ2) is 8.53. The van der Waals surface area contributed by atoms with Gasteiger partial charge in [-0.1, -0.05) is 18.2 Å². The van der Waals surface area contributed by atoms with Crippen LogP contribution in [0.2, 0.25) is 0 Å². The summed E-state index contributed by atoms with van der Waals surface area (Å²) in [7, 11) is 0. The third-order valence-electron chi connectivity index (χ3n) is 3.53. The SMILES string of the molecule is CC(C)(C)N(CCCCC(N)NC(=O)c1ccccc1)C(=O)[O-]. The summed E-state index contributed by atoms with van der Waals surface area (Å²) in [6, 6.07) is 8.88. The maximum atomic E-state index is 11.9. The fourth-order valence-electron chi connectivity index (χ4n) is 2.25. The number of amides is 2. The van der Waals surface area contributed by atoms with Crippen molar-refractivity contribution < 1.29 is 14.7 Å². The molecule has 1 atom stereocenters. The smallest absolute Gasteiger partial charge is 0.252 e. The van der Waals surface area contributed by atoms with Crippen molar-refractivity contribution in [3.05, 3.63) is 35.9 Å². The van der Waals surface area contributed by atoms with Crippen LogP contribution in [0.4, 0.5) is 4.79 Å². The standard InChI is InChI=1S/C17H27N3O3/c1-17(2,3)20(16(22)23)12-8-7-11-14(18)19-15(21)13-9-5-4-6-10-13/h4-6,9-10,14H,7-8,11-12,18H2,1-3H3,(H,19,21)(H,22,23)/p-1. The Bertz CT molecular complexity index is 512. The van der Waals surface area contributed by atoms with Gasteiger partial charge in [-0.05, 0) is 52.2 Å². The number of carboxylic acid groups (broad SMARTS) is 1. The molecule has 2 amide bonds. The number of hydrogen-bond donors (Lipinski definition) is 2. The van der Waals surface area contributed by atoms with Crippen molar-refractivity contribution in [2.24, 2.45) is 5.73 Å². The molecule has 0 fully saturated rings. The summed E-state index contributed by atoms with van der Waals surface area (Å²) in [5.41, 5.74) is 5.98. The minimum atomic E-state index is -1.17. The second-order valence-electron chi connectivity index (χ2n) is 6.53. The summed E-state index contributed by atoms with van der Waals surface area (Å²) in [6.45, 7) is 5.88. The third kappa shape index (κ3) is 6.69. The van der Waals surface area contributed by atoms with Crippen LogP contribution < -0.4 is 16.2 Å². The molecule has 0 saturated carbocycles. The topological polar surface area (TPSA) is 98.5 Å². The molecule has 0 heterocycles. The van der Waals surface area contributed by atoms with Gasteiger partial charge < -0.3 is 25.9 Å². The molecule has 1 rings (SSSR count). The molecule has 0 aliphatic heterocycles. The zero-order chi connectivity index (χ0) is 17.5. The van der Waals surface area contributed by atoms with Crippen LogP contribution in [0, 0.1) is 0 Å². The van der Waals surface area contributed by atoms with E-state index in [4.69, 9.17) is 5.73 Å². The summed E-state index contributed by atoms with van der Waals surface area (Å²) >= 11 is 0. The average Bonchev–Trinajstić information content (AvgIpc) is 2.46. The number of nitrogens with one attached hydrogen (secondary N) is 1. The van der Waals surface area contributed by atoms with Crippen molar-refractivity contribution in [3.8, 4) is 0 Å². The Morgan fingerprint density at radius 1 is 1.22 bits per heavy atom. The number of hydrogen-bond acceptors (Lipinski definition) is 4. The van der Waals surface area contributed by atoms with E-state index in [1.807, 2.05) is 26.8 Å². The maximum Gasteiger partial charge on any atom is 0.252 e. The maximum absolute atomic E-state index is 11.9. The second-order valence-corrected chi connectivity index (χ2v) is 6.53. The minimum absolute atomic E-state index is 0.204. The summed E-state index contributed by atoms with van der Waals surface area (Å²) < 4.78 is 0. The zero-order valence-electron chi connectivity index (χ0n) is 14.0. The molecule has 6 nitrogen and oxygen atoms in total. The molecule has 1 unspecified atom stereocenters. The number of benzene rings is 1. The quantitative estimate of drug-likeness (QED) is 0.584. The molecule has 23 heavy (non-hydrogen) atoms. The van der Waals surface area contributed by atoms with Crippen molar-refractivity contribution in [3.63, 3.8) is 0 Å². The lowest BCUT2D eigenvalue weighted by Gasteiger charge is -2.38. The van der Waals surface area contributed by atoms with Gasteiger partial charge in [0.2, 0.25) is 0 Å². The Morgan fingerprint density at radius 3 is 2.35 bits per heavy atom. The molecule has 0 radical (unpaired) electrons. The lowest BCUT2D eigenvalue weighted by molar-refractivity contribution is -0.270. The molecule has 6 heteroatoms. The van der Waals surface area contributed by atoms with Gasteiger partial charge in [0, 0.05) is 17.6 Å². The zero-order valence-corrected chi connectivity index (χ0v) is 14.0. The molecule has 128 valence electrons. The first-order chi connectivity index (χ1) is 10.7. The monoisotopic (exact) mass is 320 g/mol. The van der Waals surface area contributed by atoms with Crippen LogP contribution in [-0.4, -0.2) is 35.1 Å². The normalized spacial score (nSPS) is 12.5. The molecule has 0 aromatic heterocycles. The van der Waals surface area contributed by atoms with E-state index >= 15 is 0 Å². The summed E-state index contributed by atoms with van der Waals surface area (Å²) in [5.74, 6) is -0.204. The van der Waals surface area contributed by atoms with Gasteiger partial charge in [-0.2, -0.15) is 0 Å². The highest BCUT2D eigenvalue weighted by molar-refractivity contribution is 5.94. The molecule has 0 spiro atoms. The Kier molecular flexibility index (Phi) is 7.03. The average molecular weight is 320 g/mol. The number of carbonyl (C=O) groups is 2. The van der Waals surface area contributed by atoms with Gasteiger partial charge in [-0.3, -0.25) is 4.79 Å². The van der Waals surface area contributed by atoms with Crippen LogP contribution >= 0.6 is 0 Å². The summed E-state index contributed by atoms with van der Waals surface area (Å²) in [5, 5.41) is 13.8. The van der Waals surface area contributed by atoms with E-state index in [1.54, 1.807) is 24.3 Å². The third-order valence-corrected chi connectivity index (χ3v) is 3.53. The van der Waals surface area contributed by atoms with Crippen LogP contribution in [0.5, 0.6) is 0 Å². The first-order valence-electron chi connectivity index (χ1n) is 7.82. The fraction of sp³-hybridized carbons (Fsp3) is 0.529. The van der Waals surface area contributed by atoms with E-state index in [2.05, 4.69) is 5.32 Å². The lowest BCUT2D eigenvalue weighted by Crippen LogP contribution is -2.52. The van der Waals surface area contributed by atoms with Crippen molar-refractivity contribution >= 4 is 12.0 Å². The van der Waals surface area contributed by atoms with E-state index in [1.165, 1.54) is 4.90 Å². The van der Waals surface area contributed by atoms with E-state index in [9.17, 15) is 14.7 Å². The largest absolute Gasteiger partial charge is 0.530 e. The number of carbonyl (C=O) groups excluding carboxylic acids is 2. The van der Waals surface area contributed by atoms with Crippen LogP contribution in [0.1, 0.15) is 50.4 Å². The van der Waals surface area contributed by atoms with Gasteiger partial charge in [0.1, 0.15) is 6.09 Å². The van der Waals surface area contributed by atoms with Crippen molar-refractivity contribution in [1.82, 2.24) is 10.2 Å². The Balaban J connectivity index is 2.33. The van der Waals surface area contributed by atoms with Crippen LogP contribution in [-0.2, 0) is 0 Å². The van der Waals surface area contributed by atoms with Crippen molar-refractivity contribution in [2.45, 2.75) is 51.7 Å². The predicted octanol–water partition coefficient (Wildman–Crippen LogP) is 1.32. The first-order valence-corrected chi connectivity index (χ1v) is 7.82. The van der Waals surface area contributed by atoms with Gasteiger partial charge in [0.25, 0.3) is 5.91 Å². The number of nitrogens with two attached hydrogens (primary N) is 1. The lowest BCUT2D eigenvalue weighted by atomic mass is 10.1. The molecule has 1 aromatic rings. The molecule has 0 aliphatic rings. The first kappa shape index (κ1) is 19.0. The van der Waals surface area contributed by atoms with Gasteiger partial charge in [0.05, 0.1) is 6.17 Å². The fourth-order valence-corrected chi connectivity index (χ4v) is 2.25. The van der Waals surface area contributed by atoms with Gasteiger partial charge in [0.15, 0.2) is 0 Å². The molecular formula is C17H26N3O3-. The number of rotatable bonds is 7. The number of unbranched alkanes of at least 4 members (excludes halogenated alkanes) is 1. The summed E-state index contributed by atoms with van der Waals surface area (Å²) in [6.07, 6.45) is 0.354. The summed E-state index contributed by atoms with van der Waals surface area (Å²) in [4.78, 5) is 24.3. The number of nitrogens with zero attached hydrogens (tertiary/aromatic N) is 1. The van der Waals surface area contributed by atoms with Crippen LogP contribution in [0.3, 0.4) is 0 Å². The Hall–Kier alpha value is -2.08. The van der Waals surface area contributed by atoms with E-state index in [0.29, 0.717) is 24.9 Å². The van der Waals surface area contributed by atoms with Crippen molar-refractivity contribution in [2.75, 3.05) is 6.54 Å². The van der Waals surface area contributed by atoms with Gasteiger partial charge >= 0.3 is 0 Å². The predicted molar refractivity (Wildman–Crippen MR) is 87.6 cm³/mol. The van der Waals surface area contributed by atoms with E-state index in [0.717, 1.165) is 6.42 Å². The van der Waals surface area contributed by atoms with E-state index < -0.39 is 17.8 Å². The van der Waals surface area contributed by atoms with E-state index in [-0.39, 0.29) is 5.91 Å². The molecule has 0 aliphatic carbocycles. The Labute approximate surface area is 137 Å².